The molecule has 102 valence electrons. The van der Waals surface area contributed by atoms with Crippen LogP contribution in [0.25, 0.3) is 10.8 Å². The summed E-state index contributed by atoms with van der Waals surface area (Å²) in [6.07, 6.45) is 1.18. The van der Waals surface area contributed by atoms with Gasteiger partial charge in [0.25, 0.3) is 0 Å². The monoisotopic (exact) mass is 256 g/mol. The number of hydrogen-bond acceptors (Lipinski definition) is 2. The first-order valence-corrected chi connectivity index (χ1v) is 7.21. The summed E-state index contributed by atoms with van der Waals surface area (Å²) < 4.78 is 0. The minimum absolute atomic E-state index is 0.0936. The van der Waals surface area contributed by atoms with Crippen molar-refractivity contribution < 1.29 is 0 Å². The second kappa shape index (κ2) is 6.69. The molecule has 0 aliphatic carbocycles. The molecule has 0 radical (unpaired) electrons. The molecule has 0 spiro atoms. The Morgan fingerprint density at radius 3 is 2.47 bits per heavy atom. The molecule has 0 heterocycles. The lowest BCUT2D eigenvalue weighted by molar-refractivity contribution is 0.271. The van der Waals surface area contributed by atoms with E-state index in [0.717, 1.165) is 19.6 Å². The largest absolute Gasteiger partial charge is 0.323 e. The Balaban J connectivity index is 2.14. The van der Waals surface area contributed by atoms with E-state index < -0.39 is 0 Å². The Labute approximate surface area is 116 Å². The molecule has 0 saturated carbocycles. The van der Waals surface area contributed by atoms with Crippen molar-refractivity contribution in [1.82, 2.24) is 4.90 Å². The number of nitrogens with zero attached hydrogens (tertiary/aromatic N) is 1. The van der Waals surface area contributed by atoms with E-state index >= 15 is 0 Å². The highest BCUT2D eigenvalue weighted by Crippen LogP contribution is 2.19. The fraction of sp³-hybridized carbons (Fsp3) is 0.412. The number of rotatable bonds is 6. The first-order valence-electron chi connectivity index (χ1n) is 7.21. The van der Waals surface area contributed by atoms with Gasteiger partial charge in [0.2, 0.25) is 0 Å². The van der Waals surface area contributed by atoms with Gasteiger partial charge in [-0.2, -0.15) is 0 Å². The summed E-state index contributed by atoms with van der Waals surface area (Å²) in [4.78, 5) is 2.42. The van der Waals surface area contributed by atoms with Crippen molar-refractivity contribution in [2.45, 2.75) is 26.3 Å². The Morgan fingerprint density at radius 2 is 1.79 bits per heavy atom. The van der Waals surface area contributed by atoms with Crippen molar-refractivity contribution >= 4 is 10.8 Å². The van der Waals surface area contributed by atoms with Crippen molar-refractivity contribution in [3.8, 4) is 0 Å². The smallest absolute Gasteiger partial charge is 0.0424 e. The molecule has 0 aromatic heterocycles. The zero-order chi connectivity index (χ0) is 13.7. The molecule has 1 atom stereocenters. The fourth-order valence-electron chi connectivity index (χ4n) is 2.52. The third-order valence-electron chi connectivity index (χ3n) is 3.64. The predicted molar refractivity (Wildman–Crippen MR) is 83.3 cm³/mol. The maximum absolute atomic E-state index is 6.35. The summed E-state index contributed by atoms with van der Waals surface area (Å²) in [7, 11) is 0. The molecule has 0 bridgehead atoms. The highest BCUT2D eigenvalue weighted by atomic mass is 15.1. The van der Waals surface area contributed by atoms with Crippen molar-refractivity contribution in [2.24, 2.45) is 5.73 Å². The normalized spacial score (nSPS) is 13.1. The Kier molecular flexibility index (Phi) is 4.94. The van der Waals surface area contributed by atoms with Gasteiger partial charge < -0.3 is 10.6 Å². The van der Waals surface area contributed by atoms with E-state index in [-0.39, 0.29) is 6.04 Å². The summed E-state index contributed by atoms with van der Waals surface area (Å²) >= 11 is 0. The average Bonchev–Trinajstić information content (AvgIpc) is 2.46. The summed E-state index contributed by atoms with van der Waals surface area (Å²) in [5.74, 6) is 0. The van der Waals surface area contributed by atoms with Gasteiger partial charge in [-0.25, -0.2) is 0 Å². The van der Waals surface area contributed by atoms with Gasteiger partial charge in [0.05, 0.1) is 0 Å². The summed E-state index contributed by atoms with van der Waals surface area (Å²) in [6, 6.07) is 15.1. The predicted octanol–water partition coefficient (Wildman–Crippen LogP) is 3.57. The molecule has 19 heavy (non-hydrogen) atoms. The Bertz CT molecular complexity index is 521. The van der Waals surface area contributed by atoms with Gasteiger partial charge >= 0.3 is 0 Å². The SMILES string of the molecule is CCCN(CC)CC(N)c1ccc2ccccc2c1. The molecular weight excluding hydrogens is 232 g/mol. The summed E-state index contributed by atoms with van der Waals surface area (Å²) in [5, 5.41) is 2.55. The van der Waals surface area contributed by atoms with Crippen LogP contribution in [0, 0.1) is 0 Å². The van der Waals surface area contributed by atoms with Crippen LogP contribution in [0.4, 0.5) is 0 Å². The molecule has 2 heteroatoms. The second-order valence-electron chi connectivity index (χ2n) is 5.11. The second-order valence-corrected chi connectivity index (χ2v) is 5.11. The first kappa shape index (κ1) is 14.0. The van der Waals surface area contributed by atoms with E-state index in [1.807, 2.05) is 0 Å². The molecular formula is C17H24N2. The molecule has 2 aromatic rings. The van der Waals surface area contributed by atoms with Gasteiger partial charge in [-0.05, 0) is 41.9 Å². The van der Waals surface area contributed by atoms with Crippen LogP contribution in [0.5, 0.6) is 0 Å². The molecule has 1 unspecified atom stereocenters. The van der Waals surface area contributed by atoms with E-state index in [1.165, 1.54) is 22.8 Å². The van der Waals surface area contributed by atoms with Crippen LogP contribution in [0.2, 0.25) is 0 Å². The average molecular weight is 256 g/mol. The van der Waals surface area contributed by atoms with Crippen molar-refractivity contribution in [1.29, 1.82) is 0 Å². The minimum Gasteiger partial charge on any atom is -0.323 e. The molecule has 0 amide bonds. The van der Waals surface area contributed by atoms with E-state index in [1.54, 1.807) is 0 Å². The third-order valence-corrected chi connectivity index (χ3v) is 3.64. The van der Waals surface area contributed by atoms with E-state index in [0.29, 0.717) is 0 Å². The zero-order valence-corrected chi connectivity index (χ0v) is 12.0. The first-order chi connectivity index (χ1) is 9.24. The number of likely N-dealkylation sites (N-methyl/N-ethyl adjacent to an activating group) is 1. The lowest BCUT2D eigenvalue weighted by Gasteiger charge is -2.24. The van der Waals surface area contributed by atoms with Crippen LogP contribution in [0.3, 0.4) is 0 Å². The van der Waals surface area contributed by atoms with Gasteiger partial charge in [0.15, 0.2) is 0 Å². The number of hydrogen-bond donors (Lipinski definition) is 1. The Morgan fingerprint density at radius 1 is 1.05 bits per heavy atom. The molecule has 0 saturated heterocycles. The number of fused-ring (bicyclic) bond motifs is 1. The highest BCUT2D eigenvalue weighted by molar-refractivity contribution is 5.83. The van der Waals surface area contributed by atoms with Crippen molar-refractivity contribution in [2.75, 3.05) is 19.6 Å². The van der Waals surface area contributed by atoms with Crippen molar-refractivity contribution in [3.63, 3.8) is 0 Å². The highest BCUT2D eigenvalue weighted by Gasteiger charge is 2.10. The zero-order valence-electron chi connectivity index (χ0n) is 12.0. The lowest BCUT2D eigenvalue weighted by atomic mass is 10.0. The van der Waals surface area contributed by atoms with Crippen LogP contribution in [-0.4, -0.2) is 24.5 Å². The van der Waals surface area contributed by atoms with Gasteiger partial charge in [-0.1, -0.05) is 50.2 Å². The van der Waals surface area contributed by atoms with Gasteiger partial charge in [-0.15, -0.1) is 0 Å². The molecule has 2 aromatic carbocycles. The van der Waals surface area contributed by atoms with Crippen molar-refractivity contribution in [3.05, 3.63) is 48.0 Å². The number of nitrogens with two attached hydrogens (primary N) is 1. The van der Waals surface area contributed by atoms with E-state index in [9.17, 15) is 0 Å². The van der Waals surface area contributed by atoms with Gasteiger partial charge in [0, 0.05) is 12.6 Å². The molecule has 2 nitrogen and oxygen atoms in total. The maximum Gasteiger partial charge on any atom is 0.0424 e. The van der Waals surface area contributed by atoms with Crippen LogP contribution in [0.1, 0.15) is 31.9 Å². The summed E-state index contributed by atoms with van der Waals surface area (Å²) in [6.45, 7) is 7.53. The van der Waals surface area contributed by atoms with Gasteiger partial charge in [-0.3, -0.25) is 0 Å². The van der Waals surface area contributed by atoms with Crippen LogP contribution in [-0.2, 0) is 0 Å². The standard InChI is InChI=1S/C17H24N2/c1-3-11-19(4-2)13-17(18)16-10-9-14-7-5-6-8-15(14)12-16/h5-10,12,17H,3-4,11,13,18H2,1-2H3. The molecule has 0 aliphatic rings. The minimum atomic E-state index is 0.0936. The fourth-order valence-corrected chi connectivity index (χ4v) is 2.52. The number of benzene rings is 2. The topological polar surface area (TPSA) is 29.3 Å². The quantitative estimate of drug-likeness (QED) is 0.856. The third kappa shape index (κ3) is 3.55. The lowest BCUT2D eigenvalue weighted by Crippen LogP contribution is -2.32. The van der Waals surface area contributed by atoms with E-state index in [4.69, 9.17) is 5.73 Å². The molecule has 0 fully saturated rings. The maximum atomic E-state index is 6.35. The van der Waals surface area contributed by atoms with Crippen LogP contribution >= 0.6 is 0 Å². The Hall–Kier alpha value is -1.38. The molecule has 0 aliphatic heterocycles. The summed E-state index contributed by atoms with van der Waals surface area (Å²) in [5.41, 5.74) is 7.58. The molecule has 2 rings (SSSR count). The van der Waals surface area contributed by atoms with Crippen LogP contribution in [0.15, 0.2) is 42.5 Å². The molecule has 2 N–H and O–H groups in total. The van der Waals surface area contributed by atoms with Gasteiger partial charge in [0.1, 0.15) is 0 Å². The van der Waals surface area contributed by atoms with E-state index in [2.05, 4.69) is 61.2 Å². The van der Waals surface area contributed by atoms with Crippen LogP contribution < -0.4 is 5.73 Å².